The van der Waals surface area contributed by atoms with E-state index in [1.807, 2.05) is 0 Å². The van der Waals surface area contributed by atoms with E-state index in [-0.39, 0.29) is 22.9 Å². The van der Waals surface area contributed by atoms with Crippen molar-refractivity contribution in [3.05, 3.63) is 20.2 Å². The molecular weight excluding hydrogens is 228 g/mol. The fourth-order valence-corrected chi connectivity index (χ4v) is 1.35. The summed E-state index contributed by atoms with van der Waals surface area (Å²) in [7, 11) is 0. The molecule has 0 atom stereocenters. The normalized spacial score (nSPS) is 10.4. The van der Waals surface area contributed by atoms with Gasteiger partial charge >= 0.3 is 0 Å². The lowest BCUT2D eigenvalue weighted by Crippen LogP contribution is -2.03. The van der Waals surface area contributed by atoms with E-state index in [1.54, 1.807) is 0 Å². The molecule has 0 heterocycles. The molecule has 0 aliphatic carbocycles. The quantitative estimate of drug-likeness (QED) is 0.298. The van der Waals surface area contributed by atoms with Gasteiger partial charge in [-0.1, -0.05) is 0 Å². The third kappa shape index (κ3) is 14.8. The molecule has 0 amide bonds. The van der Waals surface area contributed by atoms with Gasteiger partial charge in [0.05, 0.1) is 0 Å². The lowest BCUT2D eigenvalue weighted by molar-refractivity contribution is -0.480. The summed E-state index contributed by atoms with van der Waals surface area (Å²) in [4.78, 5) is 19.4. The first-order chi connectivity index (χ1) is 8.13. The first kappa shape index (κ1) is 15.8. The summed E-state index contributed by atoms with van der Waals surface area (Å²) in [5.74, 6) is 0. The van der Waals surface area contributed by atoms with Crippen LogP contribution in [-0.2, 0) is 4.74 Å². The van der Waals surface area contributed by atoms with Crippen LogP contribution in [0, 0.1) is 20.2 Å². The Balaban J connectivity index is 2.98. The maximum absolute atomic E-state index is 10.0. The zero-order chi connectivity index (χ0) is 12.9. The molecular formula is C10H20N2O5. The van der Waals surface area contributed by atoms with Crippen LogP contribution in [0.25, 0.3) is 0 Å². The number of nitro groups is 2. The van der Waals surface area contributed by atoms with Crippen molar-refractivity contribution in [3.8, 4) is 0 Å². The van der Waals surface area contributed by atoms with Gasteiger partial charge in [-0.05, 0) is 25.7 Å². The molecule has 0 fully saturated rings. The van der Waals surface area contributed by atoms with Crippen LogP contribution in [0.15, 0.2) is 0 Å². The first-order valence-electron chi connectivity index (χ1n) is 5.94. The van der Waals surface area contributed by atoms with Crippen molar-refractivity contribution in [3.63, 3.8) is 0 Å². The van der Waals surface area contributed by atoms with Crippen molar-refractivity contribution in [1.82, 2.24) is 0 Å². The van der Waals surface area contributed by atoms with Gasteiger partial charge in [-0.3, -0.25) is 20.2 Å². The average Bonchev–Trinajstić information content (AvgIpc) is 2.25. The number of hydrogen-bond donors (Lipinski definition) is 0. The number of ether oxygens (including phenoxy) is 1. The van der Waals surface area contributed by atoms with Crippen LogP contribution in [0.5, 0.6) is 0 Å². The highest BCUT2D eigenvalue weighted by atomic mass is 16.6. The number of rotatable bonds is 12. The molecule has 0 saturated heterocycles. The topological polar surface area (TPSA) is 95.5 Å². The highest BCUT2D eigenvalue weighted by Crippen LogP contribution is 1.99. The molecule has 0 aliphatic heterocycles. The molecule has 0 aromatic heterocycles. The SMILES string of the molecule is O=[N+]([O-])CCCCCOCCCCC[N+](=O)[O-]. The van der Waals surface area contributed by atoms with E-state index >= 15 is 0 Å². The van der Waals surface area contributed by atoms with E-state index in [2.05, 4.69) is 0 Å². The van der Waals surface area contributed by atoms with Gasteiger partial charge in [0.15, 0.2) is 0 Å². The molecule has 0 saturated carbocycles. The lowest BCUT2D eigenvalue weighted by Gasteiger charge is -2.02. The van der Waals surface area contributed by atoms with Crippen LogP contribution in [0.4, 0.5) is 0 Å². The fourth-order valence-electron chi connectivity index (χ4n) is 1.35. The van der Waals surface area contributed by atoms with Gasteiger partial charge in [0, 0.05) is 35.9 Å². The molecule has 0 rings (SSSR count). The van der Waals surface area contributed by atoms with E-state index in [0.717, 1.165) is 25.7 Å². The van der Waals surface area contributed by atoms with Crippen LogP contribution >= 0.6 is 0 Å². The zero-order valence-corrected chi connectivity index (χ0v) is 10.0. The second-order valence-electron chi connectivity index (χ2n) is 3.85. The van der Waals surface area contributed by atoms with Crippen molar-refractivity contribution in [2.24, 2.45) is 0 Å². The summed E-state index contributed by atoms with van der Waals surface area (Å²) in [6.45, 7) is 1.29. The second-order valence-corrected chi connectivity index (χ2v) is 3.85. The average molecular weight is 248 g/mol. The zero-order valence-electron chi connectivity index (χ0n) is 10.0. The molecule has 0 aromatic carbocycles. The molecule has 0 bridgehead atoms. The maximum atomic E-state index is 10.0. The Hall–Kier alpha value is -1.24. The summed E-state index contributed by atoms with van der Waals surface area (Å²) in [5.41, 5.74) is 0. The van der Waals surface area contributed by atoms with Crippen LogP contribution in [0.2, 0.25) is 0 Å². The Morgan fingerprint density at radius 3 is 1.47 bits per heavy atom. The first-order valence-corrected chi connectivity index (χ1v) is 5.94. The summed E-state index contributed by atoms with van der Waals surface area (Å²) in [6, 6.07) is 0. The third-order valence-corrected chi connectivity index (χ3v) is 2.26. The molecule has 0 N–H and O–H groups in total. The second kappa shape index (κ2) is 11.3. The molecule has 0 aromatic rings. The van der Waals surface area contributed by atoms with Crippen molar-refractivity contribution < 1.29 is 14.6 Å². The molecule has 7 heteroatoms. The molecule has 100 valence electrons. The van der Waals surface area contributed by atoms with Gasteiger partial charge in [0.25, 0.3) is 0 Å². The largest absolute Gasteiger partial charge is 0.381 e. The van der Waals surface area contributed by atoms with E-state index in [9.17, 15) is 20.2 Å². The third-order valence-electron chi connectivity index (χ3n) is 2.26. The summed E-state index contributed by atoms with van der Waals surface area (Å²) in [5, 5.41) is 20.0. The van der Waals surface area contributed by atoms with Crippen molar-refractivity contribution in [2.45, 2.75) is 38.5 Å². The minimum absolute atomic E-state index is 0.0287. The van der Waals surface area contributed by atoms with Gasteiger partial charge in [0.1, 0.15) is 0 Å². The molecule has 0 unspecified atom stereocenters. The minimum Gasteiger partial charge on any atom is -0.381 e. The Morgan fingerprint density at radius 1 is 0.706 bits per heavy atom. The van der Waals surface area contributed by atoms with E-state index < -0.39 is 0 Å². The standard InChI is InChI=1S/C10H20N2O5/c13-11(14)7-3-1-5-9-17-10-6-2-4-8-12(15)16/h1-10H2. The van der Waals surface area contributed by atoms with Crippen molar-refractivity contribution in [1.29, 1.82) is 0 Å². The minimum atomic E-state index is -0.309. The predicted octanol–water partition coefficient (Wildman–Crippen LogP) is 1.90. The fraction of sp³-hybridized carbons (Fsp3) is 1.00. The Bertz CT molecular complexity index is 201. The predicted molar refractivity (Wildman–Crippen MR) is 62.2 cm³/mol. The molecule has 7 nitrogen and oxygen atoms in total. The van der Waals surface area contributed by atoms with Gasteiger partial charge in [-0.15, -0.1) is 0 Å². The Kier molecular flexibility index (Phi) is 10.4. The van der Waals surface area contributed by atoms with Crippen LogP contribution < -0.4 is 0 Å². The number of nitrogens with zero attached hydrogens (tertiary/aromatic N) is 2. The van der Waals surface area contributed by atoms with E-state index in [1.165, 1.54) is 0 Å². The van der Waals surface area contributed by atoms with E-state index in [4.69, 9.17) is 4.74 Å². The van der Waals surface area contributed by atoms with Gasteiger partial charge in [0.2, 0.25) is 13.1 Å². The molecule has 0 spiro atoms. The highest BCUT2D eigenvalue weighted by molar-refractivity contribution is 4.42. The van der Waals surface area contributed by atoms with Crippen molar-refractivity contribution >= 4 is 0 Å². The lowest BCUT2D eigenvalue weighted by atomic mass is 10.2. The highest BCUT2D eigenvalue weighted by Gasteiger charge is 1.98. The van der Waals surface area contributed by atoms with Gasteiger partial charge in [-0.25, -0.2) is 0 Å². The van der Waals surface area contributed by atoms with Crippen molar-refractivity contribution in [2.75, 3.05) is 26.3 Å². The number of unbranched alkanes of at least 4 members (excludes halogenated alkanes) is 4. The van der Waals surface area contributed by atoms with Crippen LogP contribution in [0.1, 0.15) is 38.5 Å². The van der Waals surface area contributed by atoms with E-state index in [0.29, 0.717) is 26.1 Å². The molecule has 0 radical (unpaired) electrons. The Morgan fingerprint density at radius 2 is 1.12 bits per heavy atom. The maximum Gasteiger partial charge on any atom is 0.203 e. The monoisotopic (exact) mass is 248 g/mol. The van der Waals surface area contributed by atoms with Crippen LogP contribution in [0.3, 0.4) is 0 Å². The number of hydrogen-bond acceptors (Lipinski definition) is 5. The summed E-state index contributed by atoms with van der Waals surface area (Å²) in [6.07, 6.45) is 4.48. The molecule has 0 aliphatic rings. The summed E-state index contributed by atoms with van der Waals surface area (Å²) < 4.78 is 5.31. The van der Waals surface area contributed by atoms with Gasteiger partial charge in [-0.2, -0.15) is 0 Å². The smallest absolute Gasteiger partial charge is 0.203 e. The summed E-state index contributed by atoms with van der Waals surface area (Å²) >= 11 is 0. The molecule has 17 heavy (non-hydrogen) atoms. The van der Waals surface area contributed by atoms with Crippen LogP contribution in [-0.4, -0.2) is 36.1 Å². The van der Waals surface area contributed by atoms with Gasteiger partial charge < -0.3 is 4.74 Å². The Labute approximate surface area is 100 Å².